The zero-order valence-electron chi connectivity index (χ0n) is 8.73. The largest absolute Gasteiger partial charge is 0.333 e. The minimum absolute atomic E-state index is 0.0750. The summed E-state index contributed by atoms with van der Waals surface area (Å²) >= 11 is 0. The van der Waals surface area contributed by atoms with E-state index in [1.165, 1.54) is 13.1 Å². The van der Waals surface area contributed by atoms with E-state index in [1.54, 1.807) is 0 Å². The van der Waals surface area contributed by atoms with E-state index in [4.69, 9.17) is 0 Å². The molecule has 3 N–H and O–H groups in total. The maximum absolute atomic E-state index is 11.5. The molecule has 2 heterocycles. The van der Waals surface area contributed by atoms with E-state index >= 15 is 0 Å². The molecule has 8 heteroatoms. The van der Waals surface area contributed by atoms with Crippen molar-refractivity contribution in [3.05, 3.63) is 59.6 Å². The quantitative estimate of drug-likeness (QED) is 0.541. The summed E-state index contributed by atoms with van der Waals surface area (Å²) in [5, 5.41) is 0. The van der Waals surface area contributed by atoms with Gasteiger partial charge in [-0.3, -0.25) is 24.1 Å². The Kier molecular flexibility index (Phi) is 2.39. The van der Waals surface area contributed by atoms with Gasteiger partial charge >= 0.3 is 11.4 Å². The Morgan fingerprint density at radius 3 is 2.41 bits per heavy atom. The van der Waals surface area contributed by atoms with Gasteiger partial charge in [-0.2, -0.15) is 0 Å². The normalized spacial score (nSPS) is 10.4. The van der Waals surface area contributed by atoms with Gasteiger partial charge in [0.15, 0.2) is 0 Å². The Morgan fingerprint density at radius 2 is 1.76 bits per heavy atom. The fourth-order valence-corrected chi connectivity index (χ4v) is 1.33. The molecule has 0 atom stereocenters. The van der Waals surface area contributed by atoms with Gasteiger partial charge in [-0.05, 0) is 6.92 Å². The van der Waals surface area contributed by atoms with E-state index in [9.17, 15) is 19.2 Å². The van der Waals surface area contributed by atoms with Gasteiger partial charge in [-0.15, -0.1) is 0 Å². The molecule has 2 rings (SSSR count). The Hall–Kier alpha value is -2.64. The van der Waals surface area contributed by atoms with Crippen molar-refractivity contribution in [1.82, 2.24) is 19.5 Å². The van der Waals surface area contributed by atoms with Crippen LogP contribution in [-0.2, 0) is 0 Å². The molecule has 0 spiro atoms. The molecule has 0 radical (unpaired) electrons. The number of H-pyrrole nitrogens is 3. The molecule has 0 amide bonds. The topological polar surface area (TPSA) is 121 Å². The summed E-state index contributed by atoms with van der Waals surface area (Å²) in [4.78, 5) is 51.2. The van der Waals surface area contributed by atoms with Crippen molar-refractivity contribution in [2.24, 2.45) is 0 Å². The van der Waals surface area contributed by atoms with Gasteiger partial charge in [0.1, 0.15) is 5.69 Å². The van der Waals surface area contributed by atoms with Crippen LogP contribution in [0.1, 0.15) is 5.56 Å². The zero-order chi connectivity index (χ0) is 12.6. The van der Waals surface area contributed by atoms with Gasteiger partial charge in [-0.1, -0.05) is 0 Å². The number of aromatic nitrogens is 4. The number of nitrogens with one attached hydrogen (secondary N) is 3. The lowest BCUT2D eigenvalue weighted by molar-refractivity contribution is 0.849. The molecule has 0 aliphatic carbocycles. The average molecular weight is 236 g/mol. The van der Waals surface area contributed by atoms with Crippen molar-refractivity contribution < 1.29 is 0 Å². The van der Waals surface area contributed by atoms with Crippen LogP contribution in [-0.4, -0.2) is 19.5 Å². The number of rotatable bonds is 1. The summed E-state index contributed by atoms with van der Waals surface area (Å²) in [5.74, 6) is 0. The highest BCUT2D eigenvalue weighted by atomic mass is 16.2. The van der Waals surface area contributed by atoms with Crippen molar-refractivity contribution >= 4 is 0 Å². The summed E-state index contributed by atoms with van der Waals surface area (Å²) in [7, 11) is 0. The van der Waals surface area contributed by atoms with Gasteiger partial charge in [0.2, 0.25) is 0 Å². The molecule has 0 aliphatic heterocycles. The van der Waals surface area contributed by atoms with Crippen LogP contribution in [0.4, 0.5) is 0 Å². The summed E-state index contributed by atoms with van der Waals surface area (Å²) in [6, 6.07) is 0. The molecule has 2 aromatic rings. The van der Waals surface area contributed by atoms with Crippen LogP contribution in [0.25, 0.3) is 5.69 Å². The predicted octanol–water partition coefficient (Wildman–Crippen LogP) is -1.79. The van der Waals surface area contributed by atoms with Crippen molar-refractivity contribution in [2.45, 2.75) is 6.92 Å². The third-order valence-corrected chi connectivity index (χ3v) is 2.18. The lowest BCUT2D eigenvalue weighted by atomic mass is 10.4. The van der Waals surface area contributed by atoms with Crippen LogP contribution >= 0.6 is 0 Å². The van der Waals surface area contributed by atoms with Gasteiger partial charge in [0.05, 0.1) is 0 Å². The SMILES string of the molecule is Cc1cn(-c2c[nH]c(=O)[nH]c2=O)c(=O)[nH]c1=O. The average Bonchev–Trinajstić information content (AvgIpc) is 2.24. The molecular weight excluding hydrogens is 228 g/mol. The van der Waals surface area contributed by atoms with Crippen LogP contribution in [0.2, 0.25) is 0 Å². The first-order chi connectivity index (χ1) is 7.99. The number of hydrogen-bond donors (Lipinski definition) is 3. The van der Waals surface area contributed by atoms with Crippen molar-refractivity contribution in [2.75, 3.05) is 0 Å². The van der Waals surface area contributed by atoms with Crippen LogP contribution in [0.5, 0.6) is 0 Å². The lowest BCUT2D eigenvalue weighted by Crippen LogP contribution is -2.34. The molecule has 2 aromatic heterocycles. The highest BCUT2D eigenvalue weighted by Gasteiger charge is 2.07. The predicted molar refractivity (Wildman–Crippen MR) is 58.6 cm³/mol. The van der Waals surface area contributed by atoms with Gasteiger partial charge in [-0.25, -0.2) is 9.59 Å². The van der Waals surface area contributed by atoms with Crippen molar-refractivity contribution in [1.29, 1.82) is 0 Å². The molecule has 88 valence electrons. The Bertz CT molecular complexity index is 792. The number of nitrogens with zero attached hydrogens (tertiary/aromatic N) is 1. The minimum Gasteiger partial charge on any atom is -0.312 e. The molecule has 0 saturated carbocycles. The van der Waals surface area contributed by atoms with Crippen LogP contribution in [0.15, 0.2) is 31.6 Å². The van der Waals surface area contributed by atoms with E-state index in [0.717, 1.165) is 10.8 Å². The third kappa shape index (κ3) is 1.87. The van der Waals surface area contributed by atoms with E-state index in [0.29, 0.717) is 0 Å². The molecule has 0 saturated heterocycles. The minimum atomic E-state index is -0.752. The lowest BCUT2D eigenvalue weighted by Gasteiger charge is -2.03. The van der Waals surface area contributed by atoms with E-state index < -0.39 is 22.5 Å². The van der Waals surface area contributed by atoms with Gasteiger partial charge in [0, 0.05) is 18.0 Å². The van der Waals surface area contributed by atoms with Crippen molar-refractivity contribution in [3.8, 4) is 5.69 Å². The van der Waals surface area contributed by atoms with Crippen LogP contribution < -0.4 is 22.5 Å². The standard InChI is InChI=1S/C9H8N4O4/c1-4-3-13(9(17)12-6(4)14)5-2-10-8(16)11-7(5)15/h2-3H,1H3,(H,12,14,17)(H2,10,11,15,16). The Labute approximate surface area is 92.6 Å². The first kappa shape index (κ1) is 10.9. The highest BCUT2D eigenvalue weighted by molar-refractivity contribution is 5.25. The summed E-state index contributed by atoms with van der Waals surface area (Å²) in [6.07, 6.45) is 2.32. The van der Waals surface area contributed by atoms with Crippen LogP contribution in [0.3, 0.4) is 0 Å². The zero-order valence-corrected chi connectivity index (χ0v) is 8.73. The second-order valence-electron chi connectivity index (χ2n) is 3.40. The summed E-state index contributed by atoms with van der Waals surface area (Å²) < 4.78 is 0.950. The first-order valence-corrected chi connectivity index (χ1v) is 4.64. The Morgan fingerprint density at radius 1 is 1.06 bits per heavy atom. The Balaban J connectivity index is 2.82. The molecule has 0 bridgehead atoms. The van der Waals surface area contributed by atoms with Crippen LogP contribution in [0, 0.1) is 6.92 Å². The molecule has 17 heavy (non-hydrogen) atoms. The summed E-state index contributed by atoms with van der Waals surface area (Å²) in [5.41, 5.74) is -2.47. The monoisotopic (exact) mass is 236 g/mol. The molecule has 0 fully saturated rings. The van der Waals surface area contributed by atoms with E-state index in [2.05, 4.69) is 9.97 Å². The first-order valence-electron chi connectivity index (χ1n) is 4.64. The third-order valence-electron chi connectivity index (χ3n) is 2.18. The number of aryl methyl sites for hydroxylation is 1. The molecular formula is C9H8N4O4. The maximum atomic E-state index is 11.5. The second kappa shape index (κ2) is 3.74. The number of aromatic amines is 3. The maximum Gasteiger partial charge on any atom is 0.333 e. The molecule has 8 nitrogen and oxygen atoms in total. The van der Waals surface area contributed by atoms with Crippen molar-refractivity contribution in [3.63, 3.8) is 0 Å². The molecule has 0 aliphatic rings. The van der Waals surface area contributed by atoms with E-state index in [-0.39, 0.29) is 11.3 Å². The fraction of sp³-hybridized carbons (Fsp3) is 0.111. The fourth-order valence-electron chi connectivity index (χ4n) is 1.33. The highest BCUT2D eigenvalue weighted by Crippen LogP contribution is 1.92. The number of hydrogen-bond acceptors (Lipinski definition) is 4. The van der Waals surface area contributed by atoms with Gasteiger partial charge < -0.3 is 4.98 Å². The summed E-state index contributed by atoms with van der Waals surface area (Å²) in [6.45, 7) is 1.49. The second-order valence-corrected chi connectivity index (χ2v) is 3.40. The van der Waals surface area contributed by atoms with Gasteiger partial charge in [0.25, 0.3) is 11.1 Å². The smallest absolute Gasteiger partial charge is 0.312 e. The van der Waals surface area contributed by atoms with E-state index in [1.807, 2.05) is 4.98 Å². The molecule has 0 aromatic carbocycles. The molecule has 0 unspecified atom stereocenters.